The molecule has 0 aliphatic rings. The topological polar surface area (TPSA) is 98.2 Å². The lowest BCUT2D eigenvalue weighted by atomic mass is 10.3. The molecule has 2 rings (SSSR count). The highest BCUT2D eigenvalue weighted by Gasteiger charge is 2.15. The van der Waals surface area contributed by atoms with Gasteiger partial charge in [-0.05, 0) is 18.2 Å². The number of hydrogen-bond acceptors (Lipinski definition) is 5. The molecule has 0 bridgehead atoms. The second-order valence-electron chi connectivity index (χ2n) is 3.50. The summed E-state index contributed by atoms with van der Waals surface area (Å²) in [6, 6.07) is 4.72. The number of hydrogen-bond donors (Lipinski definition) is 2. The normalized spacial score (nSPS) is 11.6. The number of nitrogens with one attached hydrogen (secondary N) is 1. The van der Waals surface area contributed by atoms with Crippen LogP contribution < -0.4 is 10.5 Å². The van der Waals surface area contributed by atoms with Crippen LogP contribution >= 0.6 is 0 Å². The fourth-order valence-corrected chi connectivity index (χ4v) is 2.30. The van der Waals surface area contributed by atoms with Crippen LogP contribution in [0.2, 0.25) is 0 Å². The van der Waals surface area contributed by atoms with Crippen molar-refractivity contribution in [3.63, 3.8) is 0 Å². The van der Waals surface area contributed by atoms with Crippen molar-refractivity contribution in [2.24, 2.45) is 0 Å². The highest BCUT2D eigenvalue weighted by atomic mass is 32.2. The van der Waals surface area contributed by atoms with E-state index in [4.69, 9.17) is 5.73 Å². The van der Waals surface area contributed by atoms with Crippen molar-refractivity contribution in [2.45, 2.75) is 11.4 Å². The highest BCUT2D eigenvalue weighted by Crippen LogP contribution is 2.16. The number of aromatic nitrogens is 1. The summed E-state index contributed by atoms with van der Waals surface area (Å²) in [5.74, 6) is -0.662. The summed E-state index contributed by atoms with van der Waals surface area (Å²) in [4.78, 5) is -0.107. The molecule has 8 heteroatoms. The molecule has 2 aromatic rings. The third kappa shape index (κ3) is 2.66. The van der Waals surface area contributed by atoms with E-state index in [-0.39, 0.29) is 17.1 Å². The summed E-state index contributed by atoms with van der Waals surface area (Å²) >= 11 is 0. The monoisotopic (exact) mass is 271 g/mol. The zero-order chi connectivity index (χ0) is 13.2. The zero-order valence-electron chi connectivity index (χ0n) is 9.13. The first kappa shape index (κ1) is 12.5. The quantitative estimate of drug-likeness (QED) is 0.804. The average molecular weight is 271 g/mol. The van der Waals surface area contributed by atoms with Crippen LogP contribution in [0.1, 0.15) is 5.69 Å². The van der Waals surface area contributed by atoms with E-state index in [1.165, 1.54) is 12.3 Å². The lowest BCUT2D eigenvalue weighted by molar-refractivity contribution is 0.411. The Hall–Kier alpha value is -1.93. The zero-order valence-corrected chi connectivity index (χ0v) is 9.95. The molecule has 1 aromatic carbocycles. The molecule has 0 radical (unpaired) electrons. The fraction of sp³-hybridized carbons (Fsp3) is 0.100. The van der Waals surface area contributed by atoms with Crippen LogP contribution in [0.15, 0.2) is 39.9 Å². The van der Waals surface area contributed by atoms with Gasteiger partial charge >= 0.3 is 0 Å². The third-order valence-corrected chi connectivity index (χ3v) is 3.61. The molecule has 1 heterocycles. The van der Waals surface area contributed by atoms with Gasteiger partial charge in [-0.1, -0.05) is 5.16 Å². The minimum absolute atomic E-state index is 0.0177. The Morgan fingerprint density at radius 2 is 2.17 bits per heavy atom. The van der Waals surface area contributed by atoms with Crippen LogP contribution in [-0.2, 0) is 16.6 Å². The molecule has 0 unspecified atom stereocenters. The molecule has 0 saturated carbocycles. The molecule has 0 aliphatic carbocycles. The summed E-state index contributed by atoms with van der Waals surface area (Å²) in [6.45, 7) is -0.0177. The molecule has 1 aromatic heterocycles. The average Bonchev–Trinajstić information content (AvgIpc) is 2.83. The summed E-state index contributed by atoms with van der Waals surface area (Å²) in [6.07, 6.45) is 1.33. The van der Waals surface area contributed by atoms with E-state index in [0.29, 0.717) is 5.69 Å². The minimum Gasteiger partial charge on any atom is -0.396 e. The Bertz CT molecular complexity index is 640. The van der Waals surface area contributed by atoms with Gasteiger partial charge in [-0.25, -0.2) is 17.5 Å². The molecule has 3 N–H and O–H groups in total. The molecule has 6 nitrogen and oxygen atoms in total. The van der Waals surface area contributed by atoms with Crippen molar-refractivity contribution in [1.29, 1.82) is 0 Å². The maximum atomic E-state index is 12.9. The summed E-state index contributed by atoms with van der Waals surface area (Å²) < 4.78 is 43.5. The molecule has 0 atom stereocenters. The van der Waals surface area contributed by atoms with Crippen molar-refractivity contribution >= 4 is 15.7 Å². The van der Waals surface area contributed by atoms with Crippen molar-refractivity contribution in [2.75, 3.05) is 5.73 Å². The number of nitrogen functional groups attached to an aromatic ring is 1. The van der Waals surface area contributed by atoms with Gasteiger partial charge in [0.05, 0.1) is 22.8 Å². The minimum atomic E-state index is -3.75. The second-order valence-corrected chi connectivity index (χ2v) is 5.27. The van der Waals surface area contributed by atoms with Crippen LogP contribution in [0, 0.1) is 5.82 Å². The molecule has 0 saturated heterocycles. The van der Waals surface area contributed by atoms with E-state index in [1.54, 1.807) is 0 Å². The van der Waals surface area contributed by atoms with E-state index < -0.39 is 15.8 Å². The summed E-state index contributed by atoms with van der Waals surface area (Å²) in [7, 11) is -3.75. The van der Waals surface area contributed by atoms with E-state index in [1.807, 2.05) is 0 Å². The van der Waals surface area contributed by atoms with E-state index in [9.17, 15) is 12.8 Å². The molecule has 0 aliphatic heterocycles. The molecule has 0 amide bonds. The van der Waals surface area contributed by atoms with E-state index in [2.05, 4.69) is 14.4 Å². The molecule has 18 heavy (non-hydrogen) atoms. The Kier molecular flexibility index (Phi) is 3.30. The number of rotatable bonds is 4. The highest BCUT2D eigenvalue weighted by molar-refractivity contribution is 7.89. The number of halogens is 1. The van der Waals surface area contributed by atoms with Gasteiger partial charge in [0.1, 0.15) is 12.1 Å². The van der Waals surface area contributed by atoms with Gasteiger partial charge in [0, 0.05) is 6.07 Å². The lowest BCUT2D eigenvalue weighted by Crippen LogP contribution is -2.23. The van der Waals surface area contributed by atoms with Crippen LogP contribution in [0.3, 0.4) is 0 Å². The first-order valence-electron chi connectivity index (χ1n) is 4.93. The van der Waals surface area contributed by atoms with Gasteiger partial charge in [-0.3, -0.25) is 0 Å². The van der Waals surface area contributed by atoms with Gasteiger partial charge in [-0.15, -0.1) is 0 Å². The fourth-order valence-electron chi connectivity index (χ4n) is 1.27. The maximum absolute atomic E-state index is 12.9. The molecule has 0 spiro atoms. The predicted octanol–water partition coefficient (Wildman–Crippen LogP) is 0.874. The number of nitrogens with zero attached hydrogens (tertiary/aromatic N) is 1. The largest absolute Gasteiger partial charge is 0.396 e. The van der Waals surface area contributed by atoms with Crippen LogP contribution in [0.5, 0.6) is 0 Å². The van der Waals surface area contributed by atoms with Crippen molar-refractivity contribution in [1.82, 2.24) is 9.88 Å². The number of sulfonamides is 1. The molecule has 0 fully saturated rings. The van der Waals surface area contributed by atoms with Crippen molar-refractivity contribution in [3.8, 4) is 0 Å². The lowest BCUT2D eigenvalue weighted by Gasteiger charge is -2.06. The number of benzene rings is 1. The van der Waals surface area contributed by atoms with Gasteiger partial charge in [0.15, 0.2) is 0 Å². The Morgan fingerprint density at radius 1 is 1.39 bits per heavy atom. The van der Waals surface area contributed by atoms with Crippen molar-refractivity contribution in [3.05, 3.63) is 42.0 Å². The summed E-state index contributed by atoms with van der Waals surface area (Å²) in [5, 5.41) is 3.56. The predicted molar refractivity (Wildman–Crippen MR) is 61.3 cm³/mol. The van der Waals surface area contributed by atoms with Gasteiger partial charge in [0.25, 0.3) is 0 Å². The smallest absolute Gasteiger partial charge is 0.241 e. The first-order chi connectivity index (χ1) is 8.49. The Morgan fingerprint density at radius 3 is 2.78 bits per heavy atom. The van der Waals surface area contributed by atoms with Crippen molar-refractivity contribution < 1.29 is 17.3 Å². The second kappa shape index (κ2) is 4.75. The van der Waals surface area contributed by atoms with Gasteiger partial charge in [-0.2, -0.15) is 0 Å². The number of nitrogens with two attached hydrogens (primary N) is 1. The van der Waals surface area contributed by atoms with E-state index in [0.717, 1.165) is 18.2 Å². The van der Waals surface area contributed by atoms with Gasteiger partial charge < -0.3 is 10.3 Å². The molecular weight excluding hydrogens is 261 g/mol. The Balaban J connectivity index is 2.17. The van der Waals surface area contributed by atoms with Crippen LogP contribution in [-0.4, -0.2) is 13.6 Å². The molecule has 96 valence electrons. The SMILES string of the molecule is Nc1cc(S(=O)(=O)NCc2ccon2)ccc1F. The third-order valence-electron chi connectivity index (χ3n) is 2.21. The maximum Gasteiger partial charge on any atom is 0.241 e. The Labute approximate surface area is 103 Å². The first-order valence-corrected chi connectivity index (χ1v) is 6.41. The van der Waals surface area contributed by atoms with E-state index >= 15 is 0 Å². The summed E-state index contributed by atoms with van der Waals surface area (Å²) in [5.41, 5.74) is 5.53. The number of anilines is 1. The van der Waals surface area contributed by atoms with Crippen LogP contribution in [0.4, 0.5) is 10.1 Å². The molecular formula is C10H10FN3O3S. The van der Waals surface area contributed by atoms with Crippen LogP contribution in [0.25, 0.3) is 0 Å². The standard InChI is InChI=1S/C10H10FN3O3S/c11-9-2-1-8(5-10(9)12)18(15,16)13-6-7-3-4-17-14-7/h1-5,13H,6,12H2. The van der Waals surface area contributed by atoms with Gasteiger partial charge in [0.2, 0.25) is 10.0 Å².